The number of rotatable bonds is 6. The summed E-state index contributed by atoms with van der Waals surface area (Å²) in [5.41, 5.74) is 0.912. The van der Waals surface area contributed by atoms with E-state index in [1.807, 2.05) is 13.8 Å². The average Bonchev–Trinajstić information content (AvgIpc) is 2.39. The molecule has 1 aromatic rings. The van der Waals surface area contributed by atoms with E-state index < -0.39 is 4.92 Å². The molecule has 7 heteroatoms. The molecule has 20 heavy (non-hydrogen) atoms. The van der Waals surface area contributed by atoms with Crippen LogP contribution in [0.4, 0.5) is 11.4 Å². The number of halogens is 1. The van der Waals surface area contributed by atoms with Crippen molar-refractivity contribution in [2.24, 2.45) is 0 Å². The Balaban J connectivity index is 2.76. The lowest BCUT2D eigenvalue weighted by atomic mass is 10.1. The molecule has 0 aliphatic rings. The Morgan fingerprint density at radius 1 is 1.50 bits per heavy atom. The van der Waals surface area contributed by atoms with Gasteiger partial charge in [0.2, 0.25) is 5.91 Å². The number of carbonyl (C=O) groups excluding carboxylic acids is 1. The maximum Gasteiger partial charge on any atom is 0.288 e. The highest BCUT2D eigenvalue weighted by atomic mass is 35.5. The second-order valence-corrected chi connectivity index (χ2v) is 5.02. The maximum absolute atomic E-state index is 11.8. The summed E-state index contributed by atoms with van der Waals surface area (Å²) in [4.78, 5) is 22.0. The highest BCUT2D eigenvalue weighted by molar-refractivity contribution is 6.33. The fraction of sp³-hybridized carbons (Fsp3) is 0.462. The van der Waals surface area contributed by atoms with Crippen molar-refractivity contribution in [2.45, 2.75) is 33.2 Å². The van der Waals surface area contributed by atoms with E-state index in [4.69, 9.17) is 11.6 Å². The van der Waals surface area contributed by atoms with Gasteiger partial charge < -0.3 is 10.6 Å². The quantitative estimate of drug-likeness (QED) is 0.625. The maximum atomic E-state index is 11.8. The van der Waals surface area contributed by atoms with Gasteiger partial charge in [-0.2, -0.15) is 0 Å². The van der Waals surface area contributed by atoms with Crippen LogP contribution in [0.3, 0.4) is 0 Å². The molecule has 1 rings (SSSR count). The van der Waals surface area contributed by atoms with E-state index in [1.165, 1.54) is 12.1 Å². The van der Waals surface area contributed by atoms with Crippen molar-refractivity contribution in [2.75, 3.05) is 11.9 Å². The van der Waals surface area contributed by atoms with Crippen LogP contribution in [0, 0.1) is 17.0 Å². The minimum Gasteiger partial charge on any atom is -0.325 e. The molecule has 1 unspecified atom stereocenters. The Hall–Kier alpha value is -1.66. The summed E-state index contributed by atoms with van der Waals surface area (Å²) in [6, 6.07) is 3.00. The predicted octanol–water partition coefficient (Wildman–Crippen LogP) is 2.88. The van der Waals surface area contributed by atoms with Gasteiger partial charge >= 0.3 is 0 Å². The zero-order valence-electron chi connectivity index (χ0n) is 11.7. The van der Waals surface area contributed by atoms with Crippen LogP contribution in [-0.4, -0.2) is 23.4 Å². The first-order valence-electron chi connectivity index (χ1n) is 6.33. The van der Waals surface area contributed by atoms with Gasteiger partial charge in [-0.25, -0.2) is 0 Å². The molecule has 2 N–H and O–H groups in total. The molecule has 0 radical (unpaired) electrons. The van der Waals surface area contributed by atoms with Crippen molar-refractivity contribution < 1.29 is 9.72 Å². The number of nitro benzene ring substituents is 1. The molecule has 0 bridgehead atoms. The van der Waals surface area contributed by atoms with Crippen LogP contribution in [0.2, 0.25) is 5.02 Å². The highest BCUT2D eigenvalue weighted by Crippen LogP contribution is 2.30. The van der Waals surface area contributed by atoms with E-state index in [-0.39, 0.29) is 29.2 Å². The van der Waals surface area contributed by atoms with E-state index >= 15 is 0 Å². The number of nitro groups is 1. The third-order valence-corrected chi connectivity index (χ3v) is 3.29. The second kappa shape index (κ2) is 7.21. The Kier molecular flexibility index (Phi) is 5.91. The average molecular weight is 300 g/mol. The van der Waals surface area contributed by atoms with E-state index in [9.17, 15) is 14.9 Å². The molecule has 0 saturated heterocycles. The number of carbonyl (C=O) groups is 1. The number of nitrogens with one attached hydrogen (secondary N) is 2. The topological polar surface area (TPSA) is 84.3 Å². The molecule has 0 aliphatic carbocycles. The van der Waals surface area contributed by atoms with Gasteiger partial charge in [-0.3, -0.25) is 14.9 Å². The number of benzene rings is 1. The SMILES string of the molecule is CCC(C)NCC(=O)Nc1cc(Cl)c([N+](=O)[O-])cc1C. The first-order chi connectivity index (χ1) is 9.35. The van der Waals surface area contributed by atoms with Crippen LogP contribution in [0.1, 0.15) is 25.8 Å². The van der Waals surface area contributed by atoms with Gasteiger partial charge in [0, 0.05) is 17.8 Å². The van der Waals surface area contributed by atoms with Gasteiger partial charge in [-0.15, -0.1) is 0 Å². The fourth-order valence-electron chi connectivity index (χ4n) is 1.55. The monoisotopic (exact) mass is 299 g/mol. The number of aryl methyl sites for hydroxylation is 1. The van der Waals surface area contributed by atoms with E-state index in [1.54, 1.807) is 6.92 Å². The van der Waals surface area contributed by atoms with Crippen LogP contribution in [0.25, 0.3) is 0 Å². The summed E-state index contributed by atoms with van der Waals surface area (Å²) in [6.07, 6.45) is 0.926. The van der Waals surface area contributed by atoms with Gasteiger partial charge in [0.15, 0.2) is 0 Å². The molecule has 0 spiro atoms. The van der Waals surface area contributed by atoms with Gasteiger partial charge in [0.05, 0.1) is 11.5 Å². The third-order valence-electron chi connectivity index (χ3n) is 2.99. The molecule has 1 aromatic carbocycles. The molecule has 1 atom stereocenters. The zero-order valence-corrected chi connectivity index (χ0v) is 12.5. The molecule has 0 aliphatic heterocycles. The largest absolute Gasteiger partial charge is 0.325 e. The number of amides is 1. The molecule has 0 aromatic heterocycles. The fourth-order valence-corrected chi connectivity index (χ4v) is 1.78. The van der Waals surface area contributed by atoms with Gasteiger partial charge in [0.25, 0.3) is 5.69 Å². The minimum absolute atomic E-state index is 0.00536. The molecule has 0 saturated carbocycles. The van der Waals surface area contributed by atoms with Crippen molar-refractivity contribution in [1.29, 1.82) is 0 Å². The van der Waals surface area contributed by atoms with Crippen LogP contribution >= 0.6 is 11.6 Å². The lowest BCUT2D eigenvalue weighted by molar-refractivity contribution is -0.384. The van der Waals surface area contributed by atoms with Gasteiger partial charge in [0.1, 0.15) is 5.02 Å². The molecule has 0 fully saturated rings. The van der Waals surface area contributed by atoms with Crippen molar-refractivity contribution in [3.05, 3.63) is 32.8 Å². The Morgan fingerprint density at radius 2 is 2.15 bits per heavy atom. The summed E-state index contributed by atoms with van der Waals surface area (Å²) in [5, 5.41) is 16.5. The number of hydrogen-bond acceptors (Lipinski definition) is 4. The van der Waals surface area contributed by atoms with Gasteiger partial charge in [-0.1, -0.05) is 18.5 Å². The second-order valence-electron chi connectivity index (χ2n) is 4.61. The van der Waals surface area contributed by atoms with Crippen LogP contribution in [0.15, 0.2) is 12.1 Å². The van der Waals surface area contributed by atoms with Crippen molar-refractivity contribution >= 4 is 28.9 Å². The van der Waals surface area contributed by atoms with E-state index in [0.29, 0.717) is 11.3 Å². The third kappa shape index (κ3) is 4.47. The normalized spacial score (nSPS) is 12.0. The first-order valence-corrected chi connectivity index (χ1v) is 6.70. The summed E-state index contributed by atoms with van der Waals surface area (Å²) >= 11 is 5.82. The van der Waals surface area contributed by atoms with Crippen LogP contribution in [-0.2, 0) is 4.79 Å². The van der Waals surface area contributed by atoms with Gasteiger partial charge in [-0.05, 0) is 31.9 Å². The molecule has 1 amide bonds. The highest BCUT2D eigenvalue weighted by Gasteiger charge is 2.16. The van der Waals surface area contributed by atoms with Crippen LogP contribution < -0.4 is 10.6 Å². The standard InChI is InChI=1S/C13H18ClN3O3/c1-4-9(3)15-7-13(18)16-11-6-10(14)12(17(19)20)5-8(11)2/h5-6,9,15H,4,7H2,1-3H3,(H,16,18). The Morgan fingerprint density at radius 3 is 2.70 bits per heavy atom. The summed E-state index contributed by atoms with van der Waals surface area (Å²) in [6.45, 7) is 5.88. The first kappa shape index (κ1) is 16.4. The lowest BCUT2D eigenvalue weighted by Gasteiger charge is -2.12. The molecule has 110 valence electrons. The lowest BCUT2D eigenvalue weighted by Crippen LogP contribution is -2.34. The number of nitrogens with zero attached hydrogens (tertiary/aromatic N) is 1. The molecule has 6 nitrogen and oxygen atoms in total. The van der Waals surface area contributed by atoms with E-state index in [0.717, 1.165) is 6.42 Å². The smallest absolute Gasteiger partial charge is 0.288 e. The number of hydrogen-bond donors (Lipinski definition) is 2. The minimum atomic E-state index is -0.550. The van der Waals surface area contributed by atoms with Crippen molar-refractivity contribution in [3.8, 4) is 0 Å². The summed E-state index contributed by atoms with van der Waals surface area (Å²) in [5.74, 6) is -0.210. The Bertz CT molecular complexity index is 520. The molecular weight excluding hydrogens is 282 g/mol. The summed E-state index contributed by atoms with van der Waals surface area (Å²) in [7, 11) is 0. The molecular formula is C13H18ClN3O3. The van der Waals surface area contributed by atoms with Crippen molar-refractivity contribution in [3.63, 3.8) is 0 Å². The summed E-state index contributed by atoms with van der Waals surface area (Å²) < 4.78 is 0. The van der Waals surface area contributed by atoms with Crippen molar-refractivity contribution in [1.82, 2.24) is 5.32 Å². The van der Waals surface area contributed by atoms with E-state index in [2.05, 4.69) is 10.6 Å². The zero-order chi connectivity index (χ0) is 15.3. The Labute approximate surface area is 122 Å². The predicted molar refractivity (Wildman–Crippen MR) is 79.2 cm³/mol. The molecule has 0 heterocycles. The number of anilines is 1. The van der Waals surface area contributed by atoms with Crippen LogP contribution in [0.5, 0.6) is 0 Å².